The highest BCUT2D eigenvalue weighted by Crippen LogP contribution is 2.33. The van der Waals surface area contributed by atoms with E-state index in [-0.39, 0.29) is 11.3 Å². The number of fused-ring (bicyclic) bond motifs is 3. The Morgan fingerprint density at radius 2 is 2.00 bits per heavy atom. The Kier molecular flexibility index (Phi) is 3.52. The molecule has 0 atom stereocenters. The van der Waals surface area contributed by atoms with E-state index in [1.807, 2.05) is 12.1 Å². The van der Waals surface area contributed by atoms with E-state index in [4.69, 9.17) is 4.42 Å². The van der Waals surface area contributed by atoms with Crippen LogP contribution >= 0.6 is 0 Å². The first kappa shape index (κ1) is 14.2. The average molecular weight is 285 g/mol. The van der Waals surface area contributed by atoms with Crippen LogP contribution in [0.4, 0.5) is 5.69 Å². The molecule has 1 N–H and O–H groups in total. The number of anilines is 1. The second kappa shape index (κ2) is 5.21. The van der Waals surface area contributed by atoms with Gasteiger partial charge in [-0.2, -0.15) is 0 Å². The largest absolute Gasteiger partial charge is 0.461 e. The standard InChI is InChI=1S/C18H23NO2/c1-18(2,3)11-17(20)19-12-8-9-16-14(10-12)13-6-4-5-7-15(13)21-16/h8-10H,4-7,11H2,1-3H3,(H,19,20). The van der Waals surface area contributed by atoms with E-state index in [1.165, 1.54) is 23.8 Å². The van der Waals surface area contributed by atoms with Crippen molar-refractivity contribution in [3.8, 4) is 0 Å². The lowest BCUT2D eigenvalue weighted by Crippen LogP contribution is -2.19. The molecule has 0 bridgehead atoms. The lowest BCUT2D eigenvalue weighted by Gasteiger charge is -2.17. The number of amides is 1. The molecule has 0 saturated carbocycles. The Labute approximate surface area is 125 Å². The number of aryl methyl sites for hydroxylation is 2. The molecule has 1 aromatic carbocycles. The Morgan fingerprint density at radius 1 is 1.24 bits per heavy atom. The fourth-order valence-electron chi connectivity index (χ4n) is 3.03. The van der Waals surface area contributed by atoms with Crippen molar-refractivity contribution >= 4 is 22.6 Å². The molecule has 0 aliphatic heterocycles. The number of carbonyl (C=O) groups is 1. The minimum absolute atomic E-state index is 0.00297. The summed E-state index contributed by atoms with van der Waals surface area (Å²) in [7, 11) is 0. The first-order valence-electron chi connectivity index (χ1n) is 7.76. The van der Waals surface area contributed by atoms with Crippen molar-refractivity contribution in [3.63, 3.8) is 0 Å². The third-order valence-corrected chi connectivity index (χ3v) is 3.93. The predicted octanol–water partition coefficient (Wildman–Crippen LogP) is 4.69. The highest BCUT2D eigenvalue weighted by atomic mass is 16.3. The van der Waals surface area contributed by atoms with Crippen molar-refractivity contribution in [2.24, 2.45) is 5.41 Å². The Morgan fingerprint density at radius 3 is 2.76 bits per heavy atom. The second-order valence-corrected chi connectivity index (χ2v) is 7.21. The molecule has 1 aliphatic rings. The quantitative estimate of drug-likeness (QED) is 0.870. The van der Waals surface area contributed by atoms with Gasteiger partial charge in [0.1, 0.15) is 11.3 Å². The molecule has 1 heterocycles. The fraction of sp³-hybridized carbons (Fsp3) is 0.500. The van der Waals surface area contributed by atoms with Crippen molar-refractivity contribution in [1.29, 1.82) is 0 Å². The highest BCUT2D eigenvalue weighted by Gasteiger charge is 2.19. The average Bonchev–Trinajstić information content (AvgIpc) is 2.74. The van der Waals surface area contributed by atoms with E-state index in [1.54, 1.807) is 0 Å². The van der Waals surface area contributed by atoms with Gasteiger partial charge in [-0.05, 0) is 42.9 Å². The van der Waals surface area contributed by atoms with Gasteiger partial charge in [0, 0.05) is 29.5 Å². The summed E-state index contributed by atoms with van der Waals surface area (Å²) in [5.74, 6) is 1.20. The zero-order valence-electron chi connectivity index (χ0n) is 13.1. The molecule has 3 nitrogen and oxygen atoms in total. The van der Waals surface area contributed by atoms with Gasteiger partial charge >= 0.3 is 0 Å². The molecule has 1 amide bonds. The molecule has 0 spiro atoms. The normalized spacial score (nSPS) is 15.0. The van der Waals surface area contributed by atoms with Crippen molar-refractivity contribution in [3.05, 3.63) is 29.5 Å². The molecular weight excluding hydrogens is 262 g/mol. The number of benzene rings is 1. The zero-order valence-corrected chi connectivity index (χ0v) is 13.1. The first-order chi connectivity index (χ1) is 9.92. The molecule has 0 fully saturated rings. The van der Waals surface area contributed by atoms with Crippen molar-refractivity contribution in [1.82, 2.24) is 0 Å². The molecule has 2 aromatic rings. The number of nitrogens with one attached hydrogen (secondary N) is 1. The van der Waals surface area contributed by atoms with Gasteiger partial charge in [0.2, 0.25) is 5.91 Å². The maximum absolute atomic E-state index is 12.1. The maximum atomic E-state index is 12.1. The monoisotopic (exact) mass is 285 g/mol. The zero-order chi connectivity index (χ0) is 15.0. The third-order valence-electron chi connectivity index (χ3n) is 3.93. The Bertz CT molecular complexity index is 676. The van der Waals surface area contributed by atoms with Crippen LogP contribution in [0.1, 0.15) is 51.4 Å². The van der Waals surface area contributed by atoms with Crippen molar-refractivity contribution in [2.45, 2.75) is 52.9 Å². The van der Waals surface area contributed by atoms with E-state index in [2.05, 4.69) is 32.2 Å². The highest BCUT2D eigenvalue weighted by molar-refractivity contribution is 5.94. The second-order valence-electron chi connectivity index (χ2n) is 7.21. The smallest absolute Gasteiger partial charge is 0.224 e. The summed E-state index contributed by atoms with van der Waals surface area (Å²) >= 11 is 0. The van der Waals surface area contributed by atoms with Gasteiger partial charge in [0.15, 0.2) is 0 Å². The molecule has 0 radical (unpaired) electrons. The molecule has 3 heteroatoms. The molecule has 0 saturated heterocycles. The van der Waals surface area contributed by atoms with E-state index >= 15 is 0 Å². The van der Waals surface area contributed by atoms with Crippen molar-refractivity contribution < 1.29 is 9.21 Å². The van der Waals surface area contributed by atoms with Gasteiger partial charge in [-0.3, -0.25) is 4.79 Å². The van der Waals surface area contributed by atoms with E-state index < -0.39 is 0 Å². The molecule has 1 aromatic heterocycles. The lowest BCUT2D eigenvalue weighted by molar-refractivity contribution is -0.117. The maximum Gasteiger partial charge on any atom is 0.224 e. The van der Waals surface area contributed by atoms with Crippen LogP contribution in [0, 0.1) is 5.41 Å². The van der Waals surface area contributed by atoms with Crippen LogP contribution in [-0.2, 0) is 17.6 Å². The molecule has 112 valence electrons. The van der Waals surface area contributed by atoms with Gasteiger partial charge in [-0.25, -0.2) is 0 Å². The van der Waals surface area contributed by atoms with E-state index in [0.29, 0.717) is 6.42 Å². The van der Waals surface area contributed by atoms with Crippen LogP contribution in [0.2, 0.25) is 0 Å². The van der Waals surface area contributed by atoms with Gasteiger partial charge < -0.3 is 9.73 Å². The summed E-state index contributed by atoms with van der Waals surface area (Å²) in [6, 6.07) is 5.96. The topological polar surface area (TPSA) is 42.2 Å². The minimum atomic E-state index is 0.00297. The van der Waals surface area contributed by atoms with Gasteiger partial charge in [-0.1, -0.05) is 20.8 Å². The summed E-state index contributed by atoms with van der Waals surface area (Å²) in [5, 5.41) is 4.17. The van der Waals surface area contributed by atoms with Gasteiger partial charge in [0.05, 0.1) is 0 Å². The number of hydrogen-bond donors (Lipinski definition) is 1. The predicted molar refractivity (Wildman–Crippen MR) is 85.6 cm³/mol. The molecule has 3 rings (SSSR count). The van der Waals surface area contributed by atoms with Crippen molar-refractivity contribution in [2.75, 3.05) is 5.32 Å². The molecule has 0 unspecified atom stereocenters. The number of furan rings is 1. The number of rotatable bonds is 2. The third kappa shape index (κ3) is 3.12. The summed E-state index contributed by atoms with van der Waals surface area (Å²) in [4.78, 5) is 12.1. The van der Waals surface area contributed by atoms with Gasteiger partial charge in [0.25, 0.3) is 0 Å². The lowest BCUT2D eigenvalue weighted by atomic mass is 9.92. The van der Waals surface area contributed by atoms with Gasteiger partial charge in [-0.15, -0.1) is 0 Å². The first-order valence-corrected chi connectivity index (χ1v) is 7.76. The minimum Gasteiger partial charge on any atom is -0.461 e. The molecule has 21 heavy (non-hydrogen) atoms. The van der Waals surface area contributed by atoms with E-state index in [9.17, 15) is 4.79 Å². The van der Waals surface area contributed by atoms with Crippen LogP contribution < -0.4 is 5.32 Å². The number of carbonyl (C=O) groups excluding carboxylic acids is 1. The summed E-state index contributed by atoms with van der Waals surface area (Å²) in [5.41, 5.74) is 3.15. The Hall–Kier alpha value is -1.77. The van der Waals surface area contributed by atoms with Crippen LogP contribution in [-0.4, -0.2) is 5.91 Å². The Balaban J connectivity index is 1.85. The van der Waals surface area contributed by atoms with Crippen LogP contribution in [0.15, 0.2) is 22.6 Å². The SMILES string of the molecule is CC(C)(C)CC(=O)Nc1ccc2oc3c(c2c1)CCCC3. The van der Waals surface area contributed by atoms with E-state index in [0.717, 1.165) is 29.9 Å². The summed E-state index contributed by atoms with van der Waals surface area (Å²) in [6.07, 6.45) is 5.08. The molecular formula is C18H23NO2. The summed E-state index contributed by atoms with van der Waals surface area (Å²) < 4.78 is 5.92. The molecule has 1 aliphatic carbocycles. The van der Waals surface area contributed by atoms with Crippen LogP contribution in [0.25, 0.3) is 11.0 Å². The van der Waals surface area contributed by atoms with Crippen LogP contribution in [0.5, 0.6) is 0 Å². The number of hydrogen-bond acceptors (Lipinski definition) is 2. The summed E-state index contributed by atoms with van der Waals surface area (Å²) in [6.45, 7) is 6.21. The van der Waals surface area contributed by atoms with Crippen LogP contribution in [0.3, 0.4) is 0 Å². The fourth-order valence-corrected chi connectivity index (χ4v) is 3.03.